The van der Waals surface area contributed by atoms with Gasteiger partial charge in [0.2, 0.25) is 0 Å². The highest BCUT2D eigenvalue weighted by Crippen LogP contribution is 2.23. The van der Waals surface area contributed by atoms with Crippen molar-refractivity contribution in [3.05, 3.63) is 28.5 Å². The minimum Gasteiger partial charge on any atom is -0.244 e. The number of halogens is 1. The van der Waals surface area contributed by atoms with E-state index in [2.05, 4.69) is 4.98 Å². The second kappa shape index (κ2) is 3.67. The summed E-state index contributed by atoms with van der Waals surface area (Å²) in [6.07, 6.45) is -0.594. The average molecular weight is 203 g/mol. The molecule has 0 amide bonds. The van der Waals surface area contributed by atoms with Gasteiger partial charge in [0, 0.05) is 13.1 Å². The van der Waals surface area contributed by atoms with Gasteiger partial charge in [-0.3, -0.25) is 0 Å². The van der Waals surface area contributed by atoms with E-state index in [1.807, 2.05) is 0 Å². The Balaban J connectivity index is 3.52. The van der Waals surface area contributed by atoms with Gasteiger partial charge in [-0.05, 0) is 35.8 Å². The lowest BCUT2D eigenvalue weighted by atomic mass is 9.87. The zero-order valence-corrected chi connectivity index (χ0v) is 8.74. The third-order valence-electron chi connectivity index (χ3n) is 1.38. The van der Waals surface area contributed by atoms with Gasteiger partial charge in [0.15, 0.2) is 0 Å². The number of hydrogen-bond donors (Lipinski definition) is 0. The summed E-state index contributed by atoms with van der Waals surface area (Å²) in [4.78, 5) is 3.81. The van der Waals surface area contributed by atoms with Crippen LogP contribution in [-0.4, -0.2) is 4.98 Å². The van der Waals surface area contributed by atoms with Gasteiger partial charge in [0.1, 0.15) is 5.15 Å². The van der Waals surface area contributed by atoms with E-state index in [0.29, 0.717) is 0 Å². The molecule has 0 aromatic carbocycles. The number of hydrogen-bond acceptors (Lipinski definition) is 1. The highest BCUT2D eigenvalue weighted by atomic mass is 35.5. The second-order valence-electron chi connectivity index (χ2n) is 3.93. The summed E-state index contributed by atoms with van der Waals surface area (Å²) in [6, 6.07) is 1.22. The zero-order chi connectivity index (χ0) is 14.4. The van der Waals surface area contributed by atoms with Crippen molar-refractivity contribution in [1.29, 1.82) is 0 Å². The summed E-state index contributed by atoms with van der Waals surface area (Å²) >= 11 is 5.70. The van der Waals surface area contributed by atoms with Crippen LogP contribution in [-0.2, 0) is 6.37 Å². The first-order chi connectivity index (χ1) is 7.87. The molecule has 0 N–H and O–H groups in total. The van der Waals surface area contributed by atoms with E-state index in [0.717, 1.165) is 0 Å². The molecule has 0 bridgehead atoms. The lowest BCUT2D eigenvalue weighted by molar-refractivity contribution is 0.410. The normalized spacial score (nSPS) is 19.5. The predicted octanol–water partition coefficient (Wildman–Crippen LogP) is 3.63. The van der Waals surface area contributed by atoms with Crippen LogP contribution >= 0.6 is 11.6 Å². The highest BCUT2D eigenvalue weighted by molar-refractivity contribution is 6.29. The maximum absolute atomic E-state index is 8.14. The number of nitrogens with zero attached hydrogens (tertiary/aromatic N) is 1. The second-order valence-corrected chi connectivity index (χ2v) is 4.31. The molecule has 0 saturated heterocycles. The predicted molar refractivity (Wildman–Crippen MR) is 57.1 cm³/mol. The van der Waals surface area contributed by atoms with Crippen LogP contribution in [0, 0.1) is 12.3 Å². The first-order valence-electron chi connectivity index (χ1n) is 6.54. The molecule has 0 spiro atoms. The Morgan fingerprint density at radius 2 is 2.31 bits per heavy atom. The molecule has 13 heavy (non-hydrogen) atoms. The molecular weight excluding hydrogens is 182 g/mol. The van der Waals surface area contributed by atoms with Crippen LogP contribution in [0.4, 0.5) is 0 Å². The molecule has 0 fully saturated rings. The number of aromatic nitrogens is 1. The maximum atomic E-state index is 8.14. The highest BCUT2D eigenvalue weighted by Gasteiger charge is 2.13. The summed E-state index contributed by atoms with van der Waals surface area (Å²) in [5.41, 5.74) is -0.760. The molecule has 0 aliphatic rings. The van der Waals surface area contributed by atoms with Gasteiger partial charge >= 0.3 is 0 Å². The summed E-state index contributed by atoms with van der Waals surface area (Å²) in [6.45, 7) is 2.72. The van der Waals surface area contributed by atoms with E-state index < -0.39 is 18.6 Å². The first-order valence-corrected chi connectivity index (χ1v) is 4.41. The first kappa shape index (κ1) is 5.35. The van der Waals surface area contributed by atoms with Crippen molar-refractivity contribution < 1.29 is 6.85 Å². The Labute approximate surface area is 92.2 Å². The summed E-state index contributed by atoms with van der Waals surface area (Å²) in [5.74, 6) is 0. The Hall–Kier alpha value is -0.560. The quantitative estimate of drug-likeness (QED) is 0.634. The van der Waals surface area contributed by atoms with E-state index in [4.69, 9.17) is 18.5 Å². The Morgan fingerprint density at radius 1 is 1.62 bits per heavy atom. The van der Waals surface area contributed by atoms with Crippen molar-refractivity contribution >= 4 is 11.6 Å². The van der Waals surface area contributed by atoms with Crippen molar-refractivity contribution in [2.24, 2.45) is 5.41 Å². The van der Waals surface area contributed by atoms with E-state index in [9.17, 15) is 0 Å². The molecule has 1 aromatic heterocycles. The van der Waals surface area contributed by atoms with Crippen molar-refractivity contribution in [2.45, 2.75) is 34.0 Å². The fourth-order valence-electron chi connectivity index (χ4n) is 0.933. The molecule has 72 valence electrons. The lowest BCUT2D eigenvalue weighted by Crippen LogP contribution is -2.10. The minimum absolute atomic E-state index is 0.0505. The van der Waals surface area contributed by atoms with Gasteiger partial charge in [0.05, 0.1) is 0 Å². The van der Waals surface area contributed by atoms with Crippen molar-refractivity contribution in [2.75, 3.05) is 0 Å². The standard InChI is InChI=1S/C11H16ClN/c1-8-5-10(12)13-7-9(8)6-11(2,3)4/h5,7H,6H2,1-4H3/i1D3,6D2. The molecule has 0 aliphatic carbocycles. The number of rotatable bonds is 1. The van der Waals surface area contributed by atoms with E-state index in [1.54, 1.807) is 20.8 Å². The Kier molecular flexibility index (Phi) is 1.51. The molecule has 0 radical (unpaired) electrons. The summed E-state index contributed by atoms with van der Waals surface area (Å²) in [7, 11) is 0. The van der Waals surface area contributed by atoms with Gasteiger partial charge in [-0.1, -0.05) is 32.4 Å². The van der Waals surface area contributed by atoms with Crippen LogP contribution in [0.3, 0.4) is 0 Å². The molecule has 1 nitrogen and oxygen atoms in total. The molecule has 0 saturated carbocycles. The van der Waals surface area contributed by atoms with E-state index >= 15 is 0 Å². The number of aryl methyl sites for hydroxylation is 1. The molecule has 2 heteroatoms. The molecular formula is C11H16ClN. The van der Waals surface area contributed by atoms with Crippen LogP contribution in [0.15, 0.2) is 12.3 Å². The third kappa shape index (κ3) is 3.35. The van der Waals surface area contributed by atoms with Crippen LogP contribution in [0.1, 0.15) is 38.8 Å². The van der Waals surface area contributed by atoms with Gasteiger partial charge in [-0.15, -0.1) is 0 Å². The third-order valence-corrected chi connectivity index (χ3v) is 1.59. The van der Waals surface area contributed by atoms with Gasteiger partial charge in [-0.2, -0.15) is 0 Å². The largest absolute Gasteiger partial charge is 0.244 e. The van der Waals surface area contributed by atoms with Gasteiger partial charge in [-0.25, -0.2) is 4.98 Å². The summed E-state index contributed by atoms with van der Waals surface area (Å²) in [5, 5.41) is 0.0505. The molecule has 1 rings (SSSR count). The fourth-order valence-corrected chi connectivity index (χ4v) is 1.09. The fraction of sp³-hybridized carbons (Fsp3) is 0.545. The lowest BCUT2D eigenvalue weighted by Gasteiger charge is -2.19. The van der Waals surface area contributed by atoms with Crippen LogP contribution in [0.5, 0.6) is 0 Å². The van der Waals surface area contributed by atoms with Crippen LogP contribution in [0.25, 0.3) is 0 Å². The zero-order valence-electron chi connectivity index (χ0n) is 13.0. The molecule has 1 aromatic rings. The van der Waals surface area contributed by atoms with Crippen LogP contribution in [0.2, 0.25) is 5.15 Å². The smallest absolute Gasteiger partial charge is 0.129 e. The monoisotopic (exact) mass is 202 g/mol. The van der Waals surface area contributed by atoms with Gasteiger partial charge < -0.3 is 0 Å². The summed E-state index contributed by atoms with van der Waals surface area (Å²) < 4.78 is 38.7. The Morgan fingerprint density at radius 3 is 2.85 bits per heavy atom. The maximum Gasteiger partial charge on any atom is 0.129 e. The molecule has 0 atom stereocenters. The Bertz CT molecular complexity index is 448. The van der Waals surface area contributed by atoms with Crippen molar-refractivity contribution in [3.63, 3.8) is 0 Å². The number of pyridine rings is 1. The SMILES string of the molecule is [2H]C([2H])([2H])c1cc(Cl)ncc1C([2H])([2H])C(C)(C)C. The van der Waals surface area contributed by atoms with Crippen LogP contribution < -0.4 is 0 Å². The van der Waals surface area contributed by atoms with E-state index in [1.165, 1.54) is 12.3 Å². The van der Waals surface area contributed by atoms with Gasteiger partial charge in [0.25, 0.3) is 0 Å². The van der Waals surface area contributed by atoms with Crippen molar-refractivity contribution in [3.8, 4) is 0 Å². The molecule has 1 heterocycles. The molecule has 0 aliphatic heterocycles. The minimum atomic E-state index is -2.42. The average Bonchev–Trinajstić information content (AvgIpc) is 2.13. The molecule has 0 unspecified atom stereocenters. The topological polar surface area (TPSA) is 12.9 Å². The van der Waals surface area contributed by atoms with E-state index in [-0.39, 0.29) is 16.3 Å². The van der Waals surface area contributed by atoms with Crippen molar-refractivity contribution in [1.82, 2.24) is 4.98 Å².